The molecule has 0 radical (unpaired) electrons. The molecular weight excluding hydrogens is 230 g/mol. The molecule has 3 rings (SSSR count). The van der Waals surface area contributed by atoms with Gasteiger partial charge in [-0.15, -0.1) is 11.3 Å². The fourth-order valence-electron chi connectivity index (χ4n) is 3.07. The lowest BCUT2D eigenvalue weighted by Crippen LogP contribution is -2.33. The van der Waals surface area contributed by atoms with Crippen LogP contribution >= 0.6 is 11.3 Å². The molecular formula is C13H21N3S. The third-order valence-corrected chi connectivity index (χ3v) is 5.25. The van der Waals surface area contributed by atoms with E-state index >= 15 is 0 Å². The summed E-state index contributed by atoms with van der Waals surface area (Å²) in [5.74, 6) is 0. The smallest absolute Gasteiger partial charge is 0.107 e. The van der Waals surface area contributed by atoms with E-state index in [1.54, 1.807) is 4.88 Å². The van der Waals surface area contributed by atoms with Crippen LogP contribution in [-0.4, -0.2) is 29.5 Å². The summed E-state index contributed by atoms with van der Waals surface area (Å²) in [6, 6.07) is 1.42. The topological polar surface area (TPSA) is 28.2 Å². The van der Waals surface area contributed by atoms with Gasteiger partial charge in [-0.2, -0.15) is 0 Å². The Hall–Kier alpha value is -0.450. The number of hydrogen-bond donors (Lipinski definition) is 1. The number of hydrogen-bond acceptors (Lipinski definition) is 4. The Bertz CT molecular complexity index is 401. The van der Waals surface area contributed by atoms with Crippen molar-refractivity contribution in [1.82, 2.24) is 15.2 Å². The van der Waals surface area contributed by atoms with Crippen LogP contribution in [0.5, 0.6) is 0 Å². The van der Waals surface area contributed by atoms with Gasteiger partial charge in [0.2, 0.25) is 0 Å². The molecule has 1 fully saturated rings. The number of nitrogens with one attached hydrogen (secondary N) is 1. The summed E-state index contributed by atoms with van der Waals surface area (Å²) in [7, 11) is 2.28. The molecule has 1 aromatic rings. The molecule has 1 saturated heterocycles. The molecule has 94 valence electrons. The molecule has 1 aromatic heterocycles. The van der Waals surface area contributed by atoms with Gasteiger partial charge < -0.3 is 5.32 Å². The third kappa shape index (κ3) is 2.02. The third-order valence-electron chi connectivity index (χ3n) is 4.05. The van der Waals surface area contributed by atoms with Crippen molar-refractivity contribution in [3.8, 4) is 0 Å². The number of likely N-dealkylation sites (N-methyl/N-ethyl adjacent to an activating group) is 1. The highest BCUT2D eigenvalue weighted by Crippen LogP contribution is 2.44. The average Bonchev–Trinajstić information content (AvgIpc) is 2.81. The van der Waals surface area contributed by atoms with Crippen LogP contribution in [0.1, 0.15) is 47.8 Å². The van der Waals surface area contributed by atoms with Crippen molar-refractivity contribution in [2.45, 2.75) is 51.2 Å². The quantitative estimate of drug-likeness (QED) is 0.833. The van der Waals surface area contributed by atoms with Crippen LogP contribution in [0.4, 0.5) is 0 Å². The zero-order valence-corrected chi connectivity index (χ0v) is 11.5. The molecule has 1 N–H and O–H groups in total. The Balaban J connectivity index is 1.76. The summed E-state index contributed by atoms with van der Waals surface area (Å²) >= 11 is 1.93. The Morgan fingerprint density at radius 2 is 2.35 bits per heavy atom. The van der Waals surface area contributed by atoms with Gasteiger partial charge in [-0.1, -0.05) is 6.92 Å². The number of thiazole rings is 1. The monoisotopic (exact) mass is 251 g/mol. The van der Waals surface area contributed by atoms with Crippen molar-refractivity contribution in [1.29, 1.82) is 0 Å². The van der Waals surface area contributed by atoms with Crippen LogP contribution < -0.4 is 5.32 Å². The first kappa shape index (κ1) is 11.6. The Morgan fingerprint density at radius 3 is 3.18 bits per heavy atom. The molecule has 2 atom stereocenters. The second-order valence-electron chi connectivity index (χ2n) is 5.21. The first-order valence-corrected chi connectivity index (χ1v) is 7.52. The minimum absolute atomic E-state index is 0.668. The molecule has 0 spiro atoms. The van der Waals surface area contributed by atoms with E-state index in [1.165, 1.54) is 36.4 Å². The van der Waals surface area contributed by atoms with Crippen molar-refractivity contribution >= 4 is 11.3 Å². The minimum atomic E-state index is 0.668. The molecule has 2 aliphatic rings. The minimum Gasteiger partial charge on any atom is -0.310 e. The Kier molecular flexibility index (Phi) is 3.19. The van der Waals surface area contributed by atoms with Gasteiger partial charge in [0.05, 0.1) is 5.69 Å². The summed E-state index contributed by atoms with van der Waals surface area (Å²) in [6.45, 7) is 4.25. The van der Waals surface area contributed by atoms with Gasteiger partial charge in [-0.3, -0.25) is 4.90 Å². The van der Waals surface area contributed by atoms with Gasteiger partial charge in [-0.05, 0) is 32.9 Å². The summed E-state index contributed by atoms with van der Waals surface area (Å²) in [4.78, 5) is 8.94. The molecule has 0 saturated carbocycles. The van der Waals surface area contributed by atoms with E-state index in [-0.39, 0.29) is 0 Å². The van der Waals surface area contributed by atoms with Gasteiger partial charge >= 0.3 is 0 Å². The van der Waals surface area contributed by atoms with Crippen LogP contribution in [0, 0.1) is 0 Å². The molecule has 2 bridgehead atoms. The summed E-state index contributed by atoms with van der Waals surface area (Å²) < 4.78 is 0. The lowest BCUT2D eigenvalue weighted by atomic mass is 10.1. The average molecular weight is 251 g/mol. The van der Waals surface area contributed by atoms with Crippen LogP contribution in [0.3, 0.4) is 0 Å². The lowest BCUT2D eigenvalue weighted by molar-refractivity contribution is 0.226. The fourth-order valence-corrected chi connectivity index (χ4v) is 4.32. The summed E-state index contributed by atoms with van der Waals surface area (Å²) in [5.41, 5.74) is 1.40. The maximum absolute atomic E-state index is 4.83. The van der Waals surface area contributed by atoms with E-state index in [9.17, 15) is 0 Å². The number of fused-ring (bicyclic) bond motifs is 4. The highest BCUT2D eigenvalue weighted by molar-refractivity contribution is 7.11. The van der Waals surface area contributed by atoms with Gasteiger partial charge in [0.15, 0.2) is 0 Å². The maximum Gasteiger partial charge on any atom is 0.107 e. The number of rotatable bonds is 4. The largest absolute Gasteiger partial charge is 0.310 e. The van der Waals surface area contributed by atoms with Crippen LogP contribution in [0.25, 0.3) is 0 Å². The Morgan fingerprint density at radius 1 is 1.47 bits per heavy atom. The maximum atomic E-state index is 4.83. The van der Waals surface area contributed by atoms with E-state index in [1.807, 2.05) is 11.3 Å². The van der Waals surface area contributed by atoms with Crippen molar-refractivity contribution in [3.05, 3.63) is 15.6 Å². The van der Waals surface area contributed by atoms with E-state index in [2.05, 4.69) is 24.2 Å². The second-order valence-corrected chi connectivity index (χ2v) is 6.33. The van der Waals surface area contributed by atoms with E-state index < -0.39 is 0 Å². The van der Waals surface area contributed by atoms with Gasteiger partial charge in [0.1, 0.15) is 5.01 Å². The highest BCUT2D eigenvalue weighted by Gasteiger charge is 2.39. The van der Waals surface area contributed by atoms with Gasteiger partial charge in [0.25, 0.3) is 0 Å². The van der Waals surface area contributed by atoms with Crippen molar-refractivity contribution in [2.24, 2.45) is 0 Å². The fraction of sp³-hybridized carbons (Fsp3) is 0.769. The molecule has 0 aromatic carbocycles. The zero-order chi connectivity index (χ0) is 11.8. The van der Waals surface area contributed by atoms with E-state index in [0.29, 0.717) is 6.04 Å². The molecule has 3 nitrogen and oxygen atoms in total. The lowest BCUT2D eigenvalue weighted by Gasteiger charge is -2.29. The molecule has 0 amide bonds. The highest BCUT2D eigenvalue weighted by atomic mass is 32.1. The van der Waals surface area contributed by atoms with Crippen LogP contribution in [-0.2, 0) is 13.0 Å². The number of aromatic nitrogens is 1. The second kappa shape index (κ2) is 4.67. The van der Waals surface area contributed by atoms with Gasteiger partial charge in [-0.25, -0.2) is 4.98 Å². The first-order valence-electron chi connectivity index (χ1n) is 6.70. The normalized spacial score (nSPS) is 27.4. The van der Waals surface area contributed by atoms with Crippen molar-refractivity contribution in [3.63, 3.8) is 0 Å². The number of nitrogens with zero attached hydrogens (tertiary/aromatic N) is 2. The SMILES string of the molecule is CCCNCc1nc2c(s1)C1CCC(C2)N1C. The first-order chi connectivity index (χ1) is 8.29. The van der Waals surface area contributed by atoms with Crippen molar-refractivity contribution < 1.29 is 0 Å². The van der Waals surface area contributed by atoms with Crippen LogP contribution in [0.2, 0.25) is 0 Å². The van der Waals surface area contributed by atoms with Crippen molar-refractivity contribution in [2.75, 3.05) is 13.6 Å². The molecule has 3 heterocycles. The van der Waals surface area contributed by atoms with E-state index in [0.717, 1.165) is 19.1 Å². The van der Waals surface area contributed by atoms with Gasteiger partial charge in [0, 0.05) is 29.9 Å². The van der Waals surface area contributed by atoms with E-state index in [4.69, 9.17) is 4.98 Å². The Labute approximate surface area is 107 Å². The predicted octanol–water partition coefficient (Wildman–Crippen LogP) is 2.33. The molecule has 4 heteroatoms. The molecule has 2 aliphatic heterocycles. The molecule has 2 unspecified atom stereocenters. The van der Waals surface area contributed by atoms with Crippen LogP contribution in [0.15, 0.2) is 0 Å². The predicted molar refractivity (Wildman–Crippen MR) is 71.3 cm³/mol. The summed E-state index contributed by atoms with van der Waals surface area (Å²) in [5, 5.41) is 4.73. The molecule has 17 heavy (non-hydrogen) atoms. The molecule has 0 aliphatic carbocycles. The zero-order valence-electron chi connectivity index (χ0n) is 10.7. The standard InChI is InChI=1S/C13H21N3S/c1-3-6-14-8-12-15-10-7-9-4-5-11(16(9)2)13(10)17-12/h9,11,14H,3-8H2,1-2H3. The summed E-state index contributed by atoms with van der Waals surface area (Å²) in [6.07, 6.45) is 5.05.